The topological polar surface area (TPSA) is 123 Å². The van der Waals surface area contributed by atoms with Gasteiger partial charge in [-0.1, -0.05) is 0 Å². The van der Waals surface area contributed by atoms with Crippen LogP contribution in [-0.2, 0) is 11.2 Å². The largest absolute Gasteiger partial charge is 0.488 e. The number of ketones is 1. The molecule has 0 saturated carbocycles. The molecule has 0 saturated heterocycles. The number of ether oxygens (including phenoxy) is 3. The molecule has 0 aliphatic heterocycles. The van der Waals surface area contributed by atoms with E-state index in [1.54, 1.807) is 12.1 Å². The van der Waals surface area contributed by atoms with Crippen LogP contribution in [0, 0.1) is 0 Å². The van der Waals surface area contributed by atoms with E-state index in [9.17, 15) is 4.79 Å². The molecule has 7 nitrogen and oxygen atoms in total. The predicted molar refractivity (Wildman–Crippen MR) is 84.5 cm³/mol. The Morgan fingerprint density at radius 2 is 1.36 bits per heavy atom. The molecule has 0 radical (unpaired) electrons. The predicted octanol–water partition coefficient (Wildman–Crippen LogP) is -0.169. The number of Topliss-reactive ketones (excluding diaryl/α,β-unsaturated/α-hetero) is 1. The summed E-state index contributed by atoms with van der Waals surface area (Å²) in [4.78, 5) is 11.4. The van der Waals surface area contributed by atoms with Gasteiger partial charge in [0.15, 0.2) is 11.5 Å². The van der Waals surface area contributed by atoms with Crippen LogP contribution in [0.1, 0.15) is 12.5 Å². The Morgan fingerprint density at radius 1 is 0.909 bits per heavy atom. The third-order valence-electron chi connectivity index (χ3n) is 2.65. The smallest absolute Gasteiger partial charge is 0.203 e. The number of hydrogen-bond donors (Lipinski definition) is 3. The standard InChI is InChI=1S/C15H25N3O4/c1-11(19)8-12-9-13(20-5-2-16)15(22-7-4-18)14(10-12)21-6-3-17/h9-10H,2-8,16-18H2,1H3. The molecular formula is C15H25N3O4. The van der Waals surface area contributed by atoms with Crippen molar-refractivity contribution in [1.29, 1.82) is 0 Å². The number of hydrogen-bond acceptors (Lipinski definition) is 7. The fraction of sp³-hybridized carbons (Fsp3) is 0.533. The molecule has 0 spiro atoms. The number of rotatable bonds is 11. The molecule has 7 heteroatoms. The van der Waals surface area contributed by atoms with Gasteiger partial charge in [0.2, 0.25) is 5.75 Å². The minimum atomic E-state index is 0.0465. The van der Waals surface area contributed by atoms with Gasteiger partial charge in [0, 0.05) is 26.1 Å². The van der Waals surface area contributed by atoms with Gasteiger partial charge in [0.25, 0.3) is 0 Å². The van der Waals surface area contributed by atoms with E-state index >= 15 is 0 Å². The molecule has 0 aromatic heterocycles. The molecule has 1 rings (SSSR count). The van der Waals surface area contributed by atoms with E-state index in [1.807, 2.05) is 0 Å². The maximum absolute atomic E-state index is 11.4. The normalized spacial score (nSPS) is 10.4. The first-order valence-corrected chi connectivity index (χ1v) is 7.27. The van der Waals surface area contributed by atoms with Gasteiger partial charge in [-0.3, -0.25) is 4.79 Å². The van der Waals surface area contributed by atoms with Crippen LogP contribution in [0.5, 0.6) is 17.2 Å². The molecule has 22 heavy (non-hydrogen) atoms. The number of benzene rings is 1. The molecule has 124 valence electrons. The molecule has 1 aromatic carbocycles. The molecule has 0 amide bonds. The maximum Gasteiger partial charge on any atom is 0.203 e. The first kappa shape index (κ1) is 18.2. The monoisotopic (exact) mass is 311 g/mol. The van der Waals surface area contributed by atoms with Gasteiger partial charge in [-0.2, -0.15) is 0 Å². The van der Waals surface area contributed by atoms with Crippen LogP contribution in [0.4, 0.5) is 0 Å². The lowest BCUT2D eigenvalue weighted by Crippen LogP contribution is -2.16. The molecule has 0 aliphatic rings. The Kier molecular flexibility index (Phi) is 8.27. The third-order valence-corrected chi connectivity index (χ3v) is 2.65. The lowest BCUT2D eigenvalue weighted by Gasteiger charge is -2.18. The second-order valence-corrected chi connectivity index (χ2v) is 4.71. The lowest BCUT2D eigenvalue weighted by atomic mass is 10.1. The second-order valence-electron chi connectivity index (χ2n) is 4.71. The molecule has 1 aromatic rings. The van der Waals surface area contributed by atoms with Gasteiger partial charge in [-0.05, 0) is 24.6 Å². The van der Waals surface area contributed by atoms with Crippen LogP contribution in [0.25, 0.3) is 0 Å². The molecule has 0 unspecified atom stereocenters. The van der Waals surface area contributed by atoms with Gasteiger partial charge in [0.1, 0.15) is 25.6 Å². The van der Waals surface area contributed by atoms with Gasteiger partial charge in [0.05, 0.1) is 0 Å². The van der Waals surface area contributed by atoms with Crippen molar-refractivity contribution in [3.8, 4) is 17.2 Å². The van der Waals surface area contributed by atoms with Crippen LogP contribution in [0.2, 0.25) is 0 Å². The van der Waals surface area contributed by atoms with Gasteiger partial charge >= 0.3 is 0 Å². The summed E-state index contributed by atoms with van der Waals surface area (Å²) in [6.07, 6.45) is 0.287. The zero-order valence-corrected chi connectivity index (χ0v) is 13.0. The Morgan fingerprint density at radius 3 is 1.77 bits per heavy atom. The highest BCUT2D eigenvalue weighted by atomic mass is 16.5. The summed E-state index contributed by atoms with van der Waals surface area (Å²) in [7, 11) is 0. The van der Waals surface area contributed by atoms with Gasteiger partial charge in [-0.25, -0.2) is 0 Å². The van der Waals surface area contributed by atoms with E-state index in [2.05, 4.69) is 0 Å². The fourth-order valence-electron chi connectivity index (χ4n) is 1.88. The zero-order valence-electron chi connectivity index (χ0n) is 13.0. The van der Waals surface area contributed by atoms with E-state index in [-0.39, 0.29) is 12.2 Å². The molecule has 0 bridgehead atoms. The van der Waals surface area contributed by atoms with Crippen molar-refractivity contribution in [3.63, 3.8) is 0 Å². The van der Waals surface area contributed by atoms with Crippen molar-refractivity contribution < 1.29 is 19.0 Å². The number of carbonyl (C=O) groups excluding carboxylic acids is 1. The summed E-state index contributed by atoms with van der Waals surface area (Å²) < 4.78 is 16.9. The van der Waals surface area contributed by atoms with Crippen LogP contribution in [-0.4, -0.2) is 45.2 Å². The molecule has 0 heterocycles. The SMILES string of the molecule is CC(=O)Cc1cc(OCCN)c(OCCN)c(OCCN)c1. The van der Waals surface area contributed by atoms with Crippen LogP contribution >= 0.6 is 0 Å². The van der Waals surface area contributed by atoms with E-state index in [1.165, 1.54) is 6.92 Å². The van der Waals surface area contributed by atoms with Crippen molar-refractivity contribution in [2.45, 2.75) is 13.3 Å². The van der Waals surface area contributed by atoms with Crippen molar-refractivity contribution in [1.82, 2.24) is 0 Å². The molecule has 0 atom stereocenters. The van der Waals surface area contributed by atoms with Crippen LogP contribution in [0.3, 0.4) is 0 Å². The summed E-state index contributed by atoms with van der Waals surface area (Å²) in [5.74, 6) is 1.49. The number of nitrogens with two attached hydrogens (primary N) is 3. The first-order valence-electron chi connectivity index (χ1n) is 7.27. The van der Waals surface area contributed by atoms with Crippen molar-refractivity contribution in [2.24, 2.45) is 17.2 Å². The van der Waals surface area contributed by atoms with E-state index in [4.69, 9.17) is 31.4 Å². The molecule has 0 fully saturated rings. The second kappa shape index (κ2) is 9.99. The lowest BCUT2D eigenvalue weighted by molar-refractivity contribution is -0.116. The highest BCUT2D eigenvalue weighted by Crippen LogP contribution is 2.39. The third kappa shape index (κ3) is 5.88. The average Bonchev–Trinajstić information content (AvgIpc) is 2.48. The first-order chi connectivity index (χ1) is 10.6. The Bertz CT molecular complexity index is 451. The van der Waals surface area contributed by atoms with Crippen molar-refractivity contribution in [3.05, 3.63) is 17.7 Å². The summed E-state index contributed by atoms with van der Waals surface area (Å²) in [5.41, 5.74) is 17.2. The summed E-state index contributed by atoms with van der Waals surface area (Å²) >= 11 is 0. The quantitative estimate of drug-likeness (QED) is 0.518. The highest BCUT2D eigenvalue weighted by molar-refractivity contribution is 5.78. The molecular weight excluding hydrogens is 286 g/mol. The number of carbonyl (C=O) groups is 1. The van der Waals surface area contributed by atoms with Crippen molar-refractivity contribution >= 4 is 5.78 Å². The van der Waals surface area contributed by atoms with Gasteiger partial charge < -0.3 is 31.4 Å². The van der Waals surface area contributed by atoms with Crippen LogP contribution < -0.4 is 31.4 Å². The Labute approximate surface area is 130 Å². The van der Waals surface area contributed by atoms with Crippen molar-refractivity contribution in [2.75, 3.05) is 39.5 Å². The van der Waals surface area contributed by atoms with E-state index in [0.717, 1.165) is 5.56 Å². The highest BCUT2D eigenvalue weighted by Gasteiger charge is 2.16. The Hall–Kier alpha value is -1.83. The summed E-state index contributed by atoms with van der Waals surface area (Å²) in [6, 6.07) is 3.52. The minimum Gasteiger partial charge on any atom is -0.488 e. The zero-order chi connectivity index (χ0) is 16.4. The minimum absolute atomic E-state index is 0.0465. The average molecular weight is 311 g/mol. The Balaban J connectivity index is 3.15. The van der Waals surface area contributed by atoms with E-state index < -0.39 is 0 Å². The van der Waals surface area contributed by atoms with Gasteiger partial charge in [-0.15, -0.1) is 0 Å². The molecule has 6 N–H and O–H groups in total. The summed E-state index contributed by atoms with van der Waals surface area (Å²) in [5, 5.41) is 0. The molecule has 0 aliphatic carbocycles. The van der Waals surface area contributed by atoms with Crippen LogP contribution in [0.15, 0.2) is 12.1 Å². The fourth-order valence-corrected chi connectivity index (χ4v) is 1.88. The van der Waals surface area contributed by atoms with E-state index in [0.29, 0.717) is 56.7 Å². The summed E-state index contributed by atoms with van der Waals surface area (Å²) in [6.45, 7) is 3.61. The maximum atomic E-state index is 11.4.